The minimum atomic E-state index is -0.164. The van der Waals surface area contributed by atoms with Crippen LogP contribution in [0.3, 0.4) is 0 Å². The molecule has 0 aliphatic carbocycles. The van der Waals surface area contributed by atoms with Gasteiger partial charge < -0.3 is 15.4 Å². The van der Waals surface area contributed by atoms with E-state index in [4.69, 9.17) is 4.74 Å². The Morgan fingerprint density at radius 3 is 2.90 bits per heavy atom. The third-order valence-corrected chi connectivity index (χ3v) is 3.02. The molecule has 2 aromatic rings. The topological polar surface area (TPSA) is 63.2 Å². The summed E-state index contributed by atoms with van der Waals surface area (Å²) in [6.45, 7) is 1.21. The van der Waals surface area contributed by atoms with Gasteiger partial charge in [-0.2, -0.15) is 0 Å². The molecule has 1 aromatic heterocycles. The van der Waals surface area contributed by atoms with Crippen molar-refractivity contribution in [3.05, 3.63) is 36.0 Å². The summed E-state index contributed by atoms with van der Waals surface area (Å²) in [5, 5.41) is 7.87. The Morgan fingerprint density at radius 1 is 1.35 bits per heavy atom. The minimum Gasteiger partial charge on any atom is -0.385 e. The number of amides is 1. The molecule has 0 aliphatic rings. The molecule has 1 amide bonds. The molecule has 0 fully saturated rings. The van der Waals surface area contributed by atoms with Gasteiger partial charge in [0, 0.05) is 32.7 Å². The van der Waals surface area contributed by atoms with Gasteiger partial charge in [-0.3, -0.25) is 4.79 Å². The van der Waals surface area contributed by atoms with E-state index < -0.39 is 0 Å². The Bertz CT molecular complexity index is 599. The molecule has 0 saturated carbocycles. The number of aromatic nitrogens is 1. The lowest BCUT2D eigenvalue weighted by Crippen LogP contribution is -2.26. The van der Waals surface area contributed by atoms with Crippen LogP contribution in [0.4, 0.5) is 5.82 Å². The van der Waals surface area contributed by atoms with Crippen LogP contribution in [0.2, 0.25) is 0 Å². The molecule has 0 radical (unpaired) electrons. The van der Waals surface area contributed by atoms with Crippen molar-refractivity contribution in [2.45, 2.75) is 6.42 Å². The van der Waals surface area contributed by atoms with Gasteiger partial charge in [-0.25, -0.2) is 4.98 Å². The smallest absolute Gasteiger partial charge is 0.269 e. The zero-order valence-corrected chi connectivity index (χ0v) is 11.8. The van der Waals surface area contributed by atoms with Gasteiger partial charge in [0.15, 0.2) is 0 Å². The van der Waals surface area contributed by atoms with Crippen molar-refractivity contribution in [1.29, 1.82) is 0 Å². The third-order valence-electron chi connectivity index (χ3n) is 3.02. The van der Waals surface area contributed by atoms with E-state index in [0.717, 1.165) is 17.2 Å². The number of fused-ring (bicyclic) bond motifs is 1. The first-order chi connectivity index (χ1) is 9.76. The third kappa shape index (κ3) is 3.24. The van der Waals surface area contributed by atoms with Gasteiger partial charge in [0.05, 0.1) is 0 Å². The predicted octanol–water partition coefficient (Wildman–Crippen LogP) is 2.04. The fraction of sp³-hybridized carbons (Fsp3) is 0.333. The number of benzene rings is 1. The van der Waals surface area contributed by atoms with E-state index in [1.807, 2.05) is 30.3 Å². The second kappa shape index (κ2) is 6.86. The molecule has 1 aromatic carbocycles. The highest BCUT2D eigenvalue weighted by molar-refractivity contribution is 6.00. The van der Waals surface area contributed by atoms with Gasteiger partial charge in [-0.1, -0.05) is 24.3 Å². The van der Waals surface area contributed by atoms with Crippen LogP contribution in [0.1, 0.15) is 16.9 Å². The first-order valence-electron chi connectivity index (χ1n) is 6.61. The summed E-state index contributed by atoms with van der Waals surface area (Å²) in [6, 6.07) is 9.66. The van der Waals surface area contributed by atoms with Crippen molar-refractivity contribution in [2.24, 2.45) is 0 Å². The van der Waals surface area contributed by atoms with Gasteiger partial charge in [-0.05, 0) is 17.9 Å². The number of hydrogen-bond acceptors (Lipinski definition) is 4. The van der Waals surface area contributed by atoms with E-state index in [9.17, 15) is 4.79 Å². The molecule has 0 aliphatic heterocycles. The van der Waals surface area contributed by atoms with Crippen LogP contribution in [0.5, 0.6) is 0 Å². The first kappa shape index (κ1) is 14.3. The van der Waals surface area contributed by atoms with Crippen LogP contribution in [0, 0.1) is 0 Å². The molecule has 2 rings (SSSR count). The van der Waals surface area contributed by atoms with Crippen LogP contribution < -0.4 is 10.6 Å². The van der Waals surface area contributed by atoms with Crippen molar-refractivity contribution in [3.8, 4) is 0 Å². The molecule has 106 valence electrons. The lowest BCUT2D eigenvalue weighted by atomic mass is 10.1. The SMILES string of the molecule is CNc1nc(C(=O)NCCCOC)cc2ccccc12. The Labute approximate surface area is 118 Å². The van der Waals surface area contributed by atoms with Gasteiger partial charge in [-0.15, -0.1) is 0 Å². The summed E-state index contributed by atoms with van der Waals surface area (Å²) >= 11 is 0. The largest absolute Gasteiger partial charge is 0.385 e. The highest BCUT2D eigenvalue weighted by Gasteiger charge is 2.10. The average molecular weight is 273 g/mol. The molecule has 5 nitrogen and oxygen atoms in total. The highest BCUT2D eigenvalue weighted by Crippen LogP contribution is 2.21. The summed E-state index contributed by atoms with van der Waals surface area (Å²) in [5.41, 5.74) is 0.422. The number of carbonyl (C=O) groups is 1. The zero-order chi connectivity index (χ0) is 14.4. The van der Waals surface area contributed by atoms with Crippen LogP contribution >= 0.6 is 0 Å². The monoisotopic (exact) mass is 273 g/mol. The number of methoxy groups -OCH3 is 1. The van der Waals surface area contributed by atoms with Crippen molar-refractivity contribution in [1.82, 2.24) is 10.3 Å². The Balaban J connectivity index is 2.19. The lowest BCUT2D eigenvalue weighted by molar-refractivity contribution is 0.0944. The number of nitrogens with zero attached hydrogens (tertiary/aromatic N) is 1. The second-order valence-electron chi connectivity index (χ2n) is 4.43. The molecule has 2 N–H and O–H groups in total. The normalized spacial score (nSPS) is 10.5. The number of nitrogens with one attached hydrogen (secondary N) is 2. The number of anilines is 1. The van der Waals surface area contributed by atoms with E-state index in [1.165, 1.54) is 0 Å². The molecular formula is C15H19N3O2. The number of carbonyl (C=O) groups excluding carboxylic acids is 1. The Kier molecular flexibility index (Phi) is 4.90. The van der Waals surface area contributed by atoms with E-state index in [0.29, 0.717) is 24.7 Å². The van der Waals surface area contributed by atoms with Gasteiger partial charge in [0.1, 0.15) is 11.5 Å². The van der Waals surface area contributed by atoms with Crippen molar-refractivity contribution in [3.63, 3.8) is 0 Å². The minimum absolute atomic E-state index is 0.164. The van der Waals surface area contributed by atoms with Crippen molar-refractivity contribution in [2.75, 3.05) is 32.6 Å². The Morgan fingerprint density at radius 2 is 2.15 bits per heavy atom. The maximum Gasteiger partial charge on any atom is 0.269 e. The number of hydrogen-bond donors (Lipinski definition) is 2. The molecule has 20 heavy (non-hydrogen) atoms. The van der Waals surface area contributed by atoms with E-state index in [2.05, 4.69) is 15.6 Å². The van der Waals surface area contributed by atoms with E-state index in [1.54, 1.807) is 14.2 Å². The van der Waals surface area contributed by atoms with Gasteiger partial charge in [0.2, 0.25) is 0 Å². The van der Waals surface area contributed by atoms with Gasteiger partial charge >= 0.3 is 0 Å². The zero-order valence-electron chi connectivity index (χ0n) is 11.8. The molecule has 1 heterocycles. The standard InChI is InChI=1S/C15H19N3O2/c1-16-14-12-7-4-3-6-11(12)10-13(18-14)15(19)17-8-5-9-20-2/h3-4,6-7,10H,5,8-9H2,1-2H3,(H,16,18)(H,17,19). The summed E-state index contributed by atoms with van der Waals surface area (Å²) in [4.78, 5) is 16.4. The molecule has 0 unspecified atom stereocenters. The van der Waals surface area contributed by atoms with Crippen molar-refractivity contribution < 1.29 is 9.53 Å². The van der Waals surface area contributed by atoms with E-state index >= 15 is 0 Å². The summed E-state index contributed by atoms with van der Waals surface area (Å²) in [7, 11) is 3.45. The Hall–Kier alpha value is -2.14. The molecule has 0 bridgehead atoms. The van der Waals surface area contributed by atoms with Gasteiger partial charge in [0.25, 0.3) is 5.91 Å². The average Bonchev–Trinajstić information content (AvgIpc) is 2.50. The molecule has 5 heteroatoms. The van der Waals surface area contributed by atoms with Crippen LogP contribution in [-0.4, -0.2) is 38.2 Å². The number of rotatable bonds is 6. The summed E-state index contributed by atoms with van der Waals surface area (Å²) in [5.74, 6) is 0.550. The van der Waals surface area contributed by atoms with Crippen LogP contribution in [-0.2, 0) is 4.74 Å². The number of ether oxygens (including phenoxy) is 1. The fourth-order valence-electron chi connectivity index (χ4n) is 2.01. The maximum atomic E-state index is 12.1. The lowest BCUT2D eigenvalue weighted by Gasteiger charge is -2.09. The number of pyridine rings is 1. The molecule has 0 saturated heterocycles. The molecule has 0 spiro atoms. The van der Waals surface area contributed by atoms with Crippen molar-refractivity contribution >= 4 is 22.5 Å². The van der Waals surface area contributed by atoms with Crippen LogP contribution in [0.15, 0.2) is 30.3 Å². The molecular weight excluding hydrogens is 254 g/mol. The quantitative estimate of drug-likeness (QED) is 0.791. The summed E-state index contributed by atoms with van der Waals surface area (Å²) in [6.07, 6.45) is 0.786. The van der Waals surface area contributed by atoms with Crippen LogP contribution in [0.25, 0.3) is 10.8 Å². The second-order valence-corrected chi connectivity index (χ2v) is 4.43. The fourth-order valence-corrected chi connectivity index (χ4v) is 2.01. The maximum absolute atomic E-state index is 12.1. The summed E-state index contributed by atoms with van der Waals surface area (Å²) < 4.78 is 4.95. The van der Waals surface area contributed by atoms with E-state index in [-0.39, 0.29) is 5.91 Å². The highest BCUT2D eigenvalue weighted by atomic mass is 16.5. The first-order valence-corrected chi connectivity index (χ1v) is 6.61. The predicted molar refractivity (Wildman–Crippen MR) is 80.1 cm³/mol. The molecule has 0 atom stereocenters.